The van der Waals surface area contributed by atoms with E-state index in [0.717, 1.165) is 43.8 Å². The highest BCUT2D eigenvalue weighted by Crippen LogP contribution is 2.35. The molecule has 0 amide bonds. The van der Waals surface area contributed by atoms with Crippen molar-refractivity contribution in [1.29, 1.82) is 0 Å². The van der Waals surface area contributed by atoms with Gasteiger partial charge in [-0.3, -0.25) is 4.90 Å². The molecule has 3 nitrogen and oxygen atoms in total. The minimum atomic E-state index is -0.855. The summed E-state index contributed by atoms with van der Waals surface area (Å²) >= 11 is 0. The Balaban J connectivity index is 1.45. The van der Waals surface area contributed by atoms with Gasteiger partial charge in [-0.2, -0.15) is 0 Å². The molecule has 1 N–H and O–H groups in total. The number of hydrogen-bond donors (Lipinski definition) is 1. The van der Waals surface area contributed by atoms with Crippen molar-refractivity contribution < 1.29 is 14.2 Å². The molecule has 1 saturated heterocycles. The molecule has 0 bridgehead atoms. The van der Waals surface area contributed by atoms with Gasteiger partial charge in [-0.05, 0) is 67.0 Å². The molecule has 0 aromatic heterocycles. The lowest BCUT2D eigenvalue weighted by atomic mass is 9.84. The number of piperidine rings is 1. The molecule has 4 heteroatoms. The van der Waals surface area contributed by atoms with Crippen LogP contribution in [0.5, 0.6) is 5.75 Å². The first-order chi connectivity index (χ1) is 12.6. The molecular weight excluding hydrogens is 329 g/mol. The molecule has 0 saturated carbocycles. The molecule has 26 heavy (non-hydrogen) atoms. The number of likely N-dealkylation sites (tertiary alicyclic amines) is 1. The Labute approximate surface area is 154 Å². The second-order valence-corrected chi connectivity index (χ2v) is 7.60. The van der Waals surface area contributed by atoms with Crippen molar-refractivity contribution in [2.45, 2.75) is 44.2 Å². The van der Waals surface area contributed by atoms with Crippen molar-refractivity contribution in [2.24, 2.45) is 0 Å². The molecule has 2 aromatic carbocycles. The van der Waals surface area contributed by atoms with Crippen LogP contribution in [0.3, 0.4) is 0 Å². The average molecular weight is 355 g/mol. The lowest BCUT2D eigenvalue weighted by Crippen LogP contribution is -2.42. The fourth-order valence-corrected chi connectivity index (χ4v) is 4.34. The number of halogens is 1. The molecule has 1 aliphatic heterocycles. The lowest BCUT2D eigenvalue weighted by molar-refractivity contribution is -0.0278. The minimum Gasteiger partial charge on any atom is -0.496 e. The SMILES string of the molecule is COc1cc2c(cc1CN1CCC(O)(c3ccc(F)cc3)CC1)CCC2. The van der Waals surface area contributed by atoms with Crippen molar-refractivity contribution in [2.75, 3.05) is 20.2 Å². The van der Waals surface area contributed by atoms with Gasteiger partial charge in [0.1, 0.15) is 11.6 Å². The third kappa shape index (κ3) is 3.36. The first-order valence-electron chi connectivity index (χ1n) is 9.47. The number of rotatable bonds is 4. The third-order valence-electron chi connectivity index (χ3n) is 5.95. The Morgan fingerprint density at radius 2 is 1.73 bits per heavy atom. The number of nitrogens with zero attached hydrogens (tertiary/aromatic N) is 1. The van der Waals surface area contributed by atoms with Crippen LogP contribution in [0.2, 0.25) is 0 Å². The number of ether oxygens (including phenoxy) is 1. The summed E-state index contributed by atoms with van der Waals surface area (Å²) in [5, 5.41) is 11.0. The van der Waals surface area contributed by atoms with E-state index in [9.17, 15) is 9.50 Å². The Kier molecular flexibility index (Phi) is 4.72. The van der Waals surface area contributed by atoms with E-state index in [1.54, 1.807) is 19.2 Å². The normalized spacial score (nSPS) is 19.3. The maximum absolute atomic E-state index is 13.1. The highest BCUT2D eigenvalue weighted by atomic mass is 19.1. The zero-order valence-electron chi connectivity index (χ0n) is 15.3. The maximum atomic E-state index is 13.1. The van der Waals surface area contributed by atoms with E-state index in [-0.39, 0.29) is 5.82 Å². The second kappa shape index (κ2) is 7.01. The van der Waals surface area contributed by atoms with Crippen molar-refractivity contribution >= 4 is 0 Å². The summed E-state index contributed by atoms with van der Waals surface area (Å²) in [6, 6.07) is 10.8. The molecule has 138 valence electrons. The Morgan fingerprint density at radius 3 is 2.38 bits per heavy atom. The fourth-order valence-electron chi connectivity index (χ4n) is 4.34. The van der Waals surface area contributed by atoms with E-state index in [0.29, 0.717) is 12.8 Å². The molecule has 4 rings (SSSR count). The average Bonchev–Trinajstić information content (AvgIpc) is 3.11. The fraction of sp³-hybridized carbons (Fsp3) is 0.455. The van der Waals surface area contributed by atoms with Crippen molar-refractivity contribution in [3.05, 3.63) is 64.5 Å². The number of hydrogen-bond acceptors (Lipinski definition) is 3. The van der Waals surface area contributed by atoms with Gasteiger partial charge >= 0.3 is 0 Å². The number of aryl methyl sites for hydroxylation is 2. The molecule has 1 heterocycles. The van der Waals surface area contributed by atoms with Gasteiger partial charge in [0.05, 0.1) is 12.7 Å². The van der Waals surface area contributed by atoms with Crippen LogP contribution in [0.4, 0.5) is 4.39 Å². The summed E-state index contributed by atoms with van der Waals surface area (Å²) < 4.78 is 18.8. The summed E-state index contributed by atoms with van der Waals surface area (Å²) in [6.07, 6.45) is 4.87. The third-order valence-corrected chi connectivity index (χ3v) is 5.95. The van der Waals surface area contributed by atoms with Crippen LogP contribution < -0.4 is 4.74 Å². The van der Waals surface area contributed by atoms with E-state index in [2.05, 4.69) is 17.0 Å². The molecule has 0 spiro atoms. The standard InChI is InChI=1S/C22H26FNO2/c1-26-21-14-17-4-2-3-16(17)13-18(21)15-24-11-9-22(25,10-12-24)19-5-7-20(23)8-6-19/h5-8,13-14,25H,2-4,9-12,15H2,1H3. The summed E-state index contributed by atoms with van der Waals surface area (Å²) in [6.45, 7) is 2.47. The molecule has 2 aliphatic rings. The van der Waals surface area contributed by atoms with Crippen molar-refractivity contribution in [3.63, 3.8) is 0 Å². The van der Waals surface area contributed by atoms with Gasteiger partial charge in [0.2, 0.25) is 0 Å². The first kappa shape index (κ1) is 17.5. The number of fused-ring (bicyclic) bond motifs is 1. The highest BCUT2D eigenvalue weighted by Gasteiger charge is 2.34. The minimum absolute atomic E-state index is 0.265. The quantitative estimate of drug-likeness (QED) is 0.905. The maximum Gasteiger partial charge on any atom is 0.123 e. The van der Waals surface area contributed by atoms with E-state index < -0.39 is 5.60 Å². The van der Waals surface area contributed by atoms with Crippen LogP contribution in [0.1, 0.15) is 41.5 Å². The highest BCUT2D eigenvalue weighted by molar-refractivity contribution is 5.44. The number of aliphatic hydroxyl groups is 1. The smallest absolute Gasteiger partial charge is 0.123 e. The topological polar surface area (TPSA) is 32.7 Å². The predicted molar refractivity (Wildman–Crippen MR) is 99.8 cm³/mol. The van der Waals surface area contributed by atoms with Gasteiger partial charge < -0.3 is 9.84 Å². The van der Waals surface area contributed by atoms with Crippen LogP contribution in [0.15, 0.2) is 36.4 Å². The summed E-state index contributed by atoms with van der Waals surface area (Å²) in [5.74, 6) is 0.712. The molecule has 0 unspecified atom stereocenters. The van der Waals surface area contributed by atoms with Crippen LogP contribution in [-0.4, -0.2) is 30.2 Å². The first-order valence-corrected chi connectivity index (χ1v) is 9.47. The molecule has 2 aromatic rings. The zero-order chi connectivity index (χ0) is 18.1. The van der Waals surface area contributed by atoms with Crippen LogP contribution in [0.25, 0.3) is 0 Å². The monoisotopic (exact) mass is 355 g/mol. The molecular formula is C22H26FNO2. The molecule has 1 aliphatic carbocycles. The molecule has 1 fully saturated rings. The van der Waals surface area contributed by atoms with Crippen LogP contribution >= 0.6 is 0 Å². The van der Waals surface area contributed by atoms with E-state index in [1.807, 2.05) is 0 Å². The lowest BCUT2D eigenvalue weighted by Gasteiger charge is -2.38. The van der Waals surface area contributed by atoms with Gasteiger partial charge in [-0.15, -0.1) is 0 Å². The van der Waals surface area contributed by atoms with E-state index in [1.165, 1.54) is 35.2 Å². The van der Waals surface area contributed by atoms with Gasteiger partial charge in [-0.25, -0.2) is 4.39 Å². The summed E-state index contributed by atoms with van der Waals surface area (Å²) in [7, 11) is 1.74. The number of methoxy groups -OCH3 is 1. The summed E-state index contributed by atoms with van der Waals surface area (Å²) in [4.78, 5) is 2.37. The van der Waals surface area contributed by atoms with Crippen molar-refractivity contribution in [1.82, 2.24) is 4.90 Å². The van der Waals surface area contributed by atoms with Crippen LogP contribution in [-0.2, 0) is 25.0 Å². The van der Waals surface area contributed by atoms with E-state index in [4.69, 9.17) is 4.74 Å². The second-order valence-electron chi connectivity index (χ2n) is 7.60. The van der Waals surface area contributed by atoms with E-state index >= 15 is 0 Å². The van der Waals surface area contributed by atoms with Gasteiger partial charge in [-0.1, -0.05) is 18.2 Å². The van der Waals surface area contributed by atoms with Crippen molar-refractivity contribution in [3.8, 4) is 5.75 Å². The Hall–Kier alpha value is -1.91. The van der Waals surface area contributed by atoms with Gasteiger partial charge in [0.25, 0.3) is 0 Å². The Morgan fingerprint density at radius 1 is 1.08 bits per heavy atom. The van der Waals surface area contributed by atoms with Crippen LogP contribution in [0, 0.1) is 5.82 Å². The Bertz CT molecular complexity index is 779. The zero-order valence-corrected chi connectivity index (χ0v) is 15.3. The number of benzene rings is 2. The predicted octanol–water partition coefficient (Wildman–Crippen LogP) is 3.81. The van der Waals surface area contributed by atoms with Gasteiger partial charge in [0.15, 0.2) is 0 Å². The van der Waals surface area contributed by atoms with Gasteiger partial charge in [0, 0.05) is 25.2 Å². The molecule has 0 radical (unpaired) electrons. The molecule has 0 atom stereocenters. The summed E-state index contributed by atoms with van der Waals surface area (Å²) in [5.41, 5.74) is 4.08. The largest absolute Gasteiger partial charge is 0.496 e.